The van der Waals surface area contributed by atoms with Crippen molar-refractivity contribution in [3.8, 4) is 0 Å². The van der Waals surface area contributed by atoms with Gasteiger partial charge in [-0.15, -0.1) is 0 Å². The van der Waals surface area contributed by atoms with Crippen LogP contribution in [0, 0.1) is 0 Å². The van der Waals surface area contributed by atoms with Crippen molar-refractivity contribution in [3.05, 3.63) is 0 Å². The Morgan fingerprint density at radius 2 is 2.33 bits per heavy atom. The van der Waals surface area contributed by atoms with Crippen molar-refractivity contribution in [1.29, 1.82) is 0 Å². The zero-order chi connectivity index (χ0) is 6.53. The maximum Gasteiger partial charge on any atom is 0.0587 e. The predicted octanol–water partition coefficient (Wildman–Crippen LogP) is 0.904. The molecular formula is C7H15NO. The third kappa shape index (κ3) is 2.33. The largest absolute Gasteiger partial charge is 0.378 e. The molecule has 1 aliphatic rings. The van der Waals surface area contributed by atoms with Crippen molar-refractivity contribution in [2.45, 2.75) is 31.8 Å². The summed E-state index contributed by atoms with van der Waals surface area (Å²) >= 11 is 0. The van der Waals surface area contributed by atoms with Gasteiger partial charge in [-0.25, -0.2) is 0 Å². The van der Waals surface area contributed by atoms with Gasteiger partial charge in [0, 0.05) is 6.61 Å². The summed E-state index contributed by atoms with van der Waals surface area (Å²) in [7, 11) is 0. The van der Waals surface area contributed by atoms with E-state index in [1.165, 1.54) is 19.3 Å². The molecule has 1 rings (SSSR count). The van der Waals surface area contributed by atoms with Crippen LogP contribution in [-0.2, 0) is 4.74 Å². The number of rotatable bonds is 2. The molecule has 0 aromatic carbocycles. The lowest BCUT2D eigenvalue weighted by atomic mass is 10.1. The fraction of sp³-hybridized carbons (Fsp3) is 1.00. The predicted molar refractivity (Wildman–Crippen MR) is 37.3 cm³/mol. The topological polar surface area (TPSA) is 35.2 Å². The minimum Gasteiger partial charge on any atom is -0.378 e. The maximum absolute atomic E-state index is 5.44. The summed E-state index contributed by atoms with van der Waals surface area (Å²) in [6.07, 6.45) is 5.30. The molecule has 1 unspecified atom stereocenters. The smallest absolute Gasteiger partial charge is 0.0587 e. The molecule has 0 bridgehead atoms. The molecule has 2 N–H and O–H groups in total. The summed E-state index contributed by atoms with van der Waals surface area (Å²) in [5, 5.41) is 0. The first-order chi connectivity index (χ1) is 4.43. The molecule has 0 aromatic rings. The van der Waals surface area contributed by atoms with Crippen LogP contribution in [0.1, 0.15) is 25.7 Å². The standard InChI is InChI=1S/C7H15NO/c8-5-4-7-3-1-2-6-9-7/h7H,1-6,8H2. The van der Waals surface area contributed by atoms with Crippen molar-refractivity contribution in [2.75, 3.05) is 13.2 Å². The van der Waals surface area contributed by atoms with Crippen LogP contribution in [0.4, 0.5) is 0 Å². The van der Waals surface area contributed by atoms with Gasteiger partial charge >= 0.3 is 0 Å². The van der Waals surface area contributed by atoms with E-state index in [2.05, 4.69) is 0 Å². The molecule has 1 heterocycles. The van der Waals surface area contributed by atoms with Gasteiger partial charge in [-0.2, -0.15) is 0 Å². The van der Waals surface area contributed by atoms with E-state index in [-0.39, 0.29) is 0 Å². The Hall–Kier alpha value is -0.0800. The minimum atomic E-state index is 0.476. The lowest BCUT2D eigenvalue weighted by Crippen LogP contribution is -2.21. The number of hydrogen-bond donors (Lipinski definition) is 1. The average Bonchev–Trinajstić information content (AvgIpc) is 1.91. The van der Waals surface area contributed by atoms with Gasteiger partial charge in [0.05, 0.1) is 6.10 Å². The molecular weight excluding hydrogens is 114 g/mol. The van der Waals surface area contributed by atoms with Gasteiger partial charge in [0.25, 0.3) is 0 Å². The first-order valence-electron chi connectivity index (χ1n) is 3.75. The number of hydrogen-bond acceptors (Lipinski definition) is 2. The van der Waals surface area contributed by atoms with Crippen molar-refractivity contribution >= 4 is 0 Å². The summed E-state index contributed by atoms with van der Waals surface area (Å²) in [4.78, 5) is 0. The van der Waals surface area contributed by atoms with E-state index in [9.17, 15) is 0 Å². The van der Waals surface area contributed by atoms with Crippen molar-refractivity contribution in [3.63, 3.8) is 0 Å². The highest BCUT2D eigenvalue weighted by molar-refractivity contribution is 4.63. The molecule has 0 saturated carbocycles. The normalized spacial score (nSPS) is 28.3. The molecule has 1 aliphatic heterocycles. The minimum absolute atomic E-state index is 0.476. The van der Waals surface area contributed by atoms with Crippen molar-refractivity contribution in [1.82, 2.24) is 0 Å². The van der Waals surface area contributed by atoms with Crippen LogP contribution in [0.25, 0.3) is 0 Å². The molecule has 1 saturated heterocycles. The molecule has 1 atom stereocenters. The van der Waals surface area contributed by atoms with Crippen LogP contribution >= 0.6 is 0 Å². The van der Waals surface area contributed by atoms with Gasteiger partial charge in [0.1, 0.15) is 0 Å². The second-order valence-electron chi connectivity index (χ2n) is 2.57. The molecule has 54 valence electrons. The monoisotopic (exact) mass is 129 g/mol. The number of nitrogens with two attached hydrogens (primary N) is 1. The van der Waals surface area contributed by atoms with Gasteiger partial charge in [0.15, 0.2) is 0 Å². The van der Waals surface area contributed by atoms with E-state index >= 15 is 0 Å². The second-order valence-corrected chi connectivity index (χ2v) is 2.57. The summed E-state index contributed by atoms with van der Waals surface area (Å²) < 4.78 is 5.44. The van der Waals surface area contributed by atoms with Crippen LogP contribution in [0.5, 0.6) is 0 Å². The van der Waals surface area contributed by atoms with Gasteiger partial charge in [-0.3, -0.25) is 0 Å². The summed E-state index contributed by atoms with van der Waals surface area (Å²) in [6, 6.07) is 0. The molecule has 2 nitrogen and oxygen atoms in total. The van der Waals surface area contributed by atoms with Gasteiger partial charge in [0.2, 0.25) is 0 Å². The van der Waals surface area contributed by atoms with Crippen LogP contribution in [0.3, 0.4) is 0 Å². The molecule has 0 aromatic heterocycles. The van der Waals surface area contributed by atoms with Gasteiger partial charge in [-0.1, -0.05) is 0 Å². The Labute approximate surface area is 56.4 Å². The fourth-order valence-electron chi connectivity index (χ4n) is 1.22. The fourth-order valence-corrected chi connectivity index (χ4v) is 1.22. The molecule has 1 fully saturated rings. The third-order valence-electron chi connectivity index (χ3n) is 1.76. The zero-order valence-corrected chi connectivity index (χ0v) is 5.81. The molecule has 0 amide bonds. The molecule has 0 spiro atoms. The van der Waals surface area contributed by atoms with Crippen molar-refractivity contribution < 1.29 is 4.74 Å². The third-order valence-corrected chi connectivity index (χ3v) is 1.76. The zero-order valence-electron chi connectivity index (χ0n) is 5.81. The highest BCUT2D eigenvalue weighted by atomic mass is 16.5. The van der Waals surface area contributed by atoms with Gasteiger partial charge < -0.3 is 10.5 Å². The van der Waals surface area contributed by atoms with E-state index in [4.69, 9.17) is 10.5 Å². The van der Waals surface area contributed by atoms with Crippen LogP contribution in [0.15, 0.2) is 0 Å². The SMILES string of the molecule is NCCC1CCCCO1. The van der Waals surface area contributed by atoms with E-state index in [1.54, 1.807) is 0 Å². The van der Waals surface area contributed by atoms with Crippen LogP contribution < -0.4 is 5.73 Å². The first-order valence-corrected chi connectivity index (χ1v) is 3.75. The summed E-state index contributed by atoms with van der Waals surface area (Å²) in [5.74, 6) is 0. The molecule has 0 aliphatic carbocycles. The highest BCUT2D eigenvalue weighted by Gasteiger charge is 2.11. The van der Waals surface area contributed by atoms with Crippen LogP contribution in [-0.4, -0.2) is 19.3 Å². The first kappa shape index (κ1) is 7.03. The average molecular weight is 129 g/mol. The molecule has 0 radical (unpaired) electrons. The lowest BCUT2D eigenvalue weighted by Gasteiger charge is -2.21. The maximum atomic E-state index is 5.44. The Bertz CT molecular complexity index is 66.6. The Kier molecular flexibility index (Phi) is 3.01. The van der Waals surface area contributed by atoms with Gasteiger partial charge in [-0.05, 0) is 32.2 Å². The summed E-state index contributed by atoms with van der Waals surface area (Å²) in [6.45, 7) is 1.72. The second kappa shape index (κ2) is 3.85. The molecule has 9 heavy (non-hydrogen) atoms. The highest BCUT2D eigenvalue weighted by Crippen LogP contribution is 2.14. The quantitative estimate of drug-likeness (QED) is 0.601. The Balaban J connectivity index is 2.08. The van der Waals surface area contributed by atoms with Crippen molar-refractivity contribution in [2.24, 2.45) is 5.73 Å². The van der Waals surface area contributed by atoms with E-state index < -0.39 is 0 Å². The van der Waals surface area contributed by atoms with Crippen LogP contribution in [0.2, 0.25) is 0 Å². The summed E-state index contributed by atoms with van der Waals surface area (Å²) in [5.41, 5.74) is 5.38. The van der Waals surface area contributed by atoms with E-state index in [0.717, 1.165) is 19.6 Å². The molecule has 2 heteroatoms. The Morgan fingerprint density at radius 1 is 1.44 bits per heavy atom. The lowest BCUT2D eigenvalue weighted by molar-refractivity contribution is 0.0128. The number of ether oxygens (including phenoxy) is 1. The van der Waals surface area contributed by atoms with E-state index in [1.807, 2.05) is 0 Å². The Morgan fingerprint density at radius 3 is 2.89 bits per heavy atom. The van der Waals surface area contributed by atoms with E-state index in [0.29, 0.717) is 6.10 Å².